The molecule has 0 aliphatic carbocycles. The van der Waals surface area contributed by atoms with Crippen LogP contribution in [0.1, 0.15) is 25.8 Å². The van der Waals surface area contributed by atoms with Gasteiger partial charge < -0.3 is 15.8 Å². The first-order chi connectivity index (χ1) is 15.9. The van der Waals surface area contributed by atoms with Gasteiger partial charge in [-0.05, 0) is 37.7 Å². The topological polar surface area (TPSA) is 111 Å². The van der Waals surface area contributed by atoms with Crippen LogP contribution in [0.4, 0.5) is 15.9 Å². The Morgan fingerprint density at radius 2 is 1.97 bits per heavy atom. The molecule has 8 nitrogen and oxygen atoms in total. The summed E-state index contributed by atoms with van der Waals surface area (Å²) < 4.78 is 20.7. The summed E-state index contributed by atoms with van der Waals surface area (Å²) in [7, 11) is 6.00. The first kappa shape index (κ1) is 24.7. The standard InChI is InChI=1S/C20H24B3ClFN7OS/c1-18(8-33-20(21,22)23)7-19(2,32-17(26)34-18)12-4-11(6-28-15(12)25)31-16-14-13(29-9-30-16)3-10(24)5-27-14/h3-6,9H,7-8,21-23H2,1-2H3,(H2,26,32)(H,29,30,31)/t18-,19+/m1/s1. The number of thioether (sulfide) groups is 1. The van der Waals surface area contributed by atoms with Crippen LogP contribution in [-0.4, -0.2) is 65.3 Å². The van der Waals surface area contributed by atoms with Gasteiger partial charge in [-0.25, -0.2) is 19.9 Å². The summed E-state index contributed by atoms with van der Waals surface area (Å²) >= 11 is 7.47. The molecule has 1 aliphatic heterocycles. The highest BCUT2D eigenvalue weighted by Gasteiger charge is 2.44. The van der Waals surface area contributed by atoms with Crippen molar-refractivity contribution in [2.24, 2.45) is 10.7 Å². The molecule has 0 saturated carbocycles. The van der Waals surface area contributed by atoms with Crippen LogP contribution in [0.3, 0.4) is 0 Å². The number of pyridine rings is 2. The molecule has 34 heavy (non-hydrogen) atoms. The van der Waals surface area contributed by atoms with E-state index in [0.29, 0.717) is 51.3 Å². The zero-order chi connectivity index (χ0) is 24.7. The second-order valence-electron chi connectivity index (χ2n) is 9.78. The average molecular weight is 497 g/mol. The average Bonchev–Trinajstić information content (AvgIpc) is 2.72. The minimum atomic E-state index is -0.931. The Kier molecular flexibility index (Phi) is 6.56. The van der Waals surface area contributed by atoms with Crippen molar-refractivity contribution < 1.29 is 9.13 Å². The number of hydrogen-bond donors (Lipinski definition) is 2. The molecule has 0 fully saturated rings. The summed E-state index contributed by atoms with van der Waals surface area (Å²) in [6.45, 7) is 4.37. The lowest BCUT2D eigenvalue weighted by molar-refractivity contribution is 0.100. The second kappa shape index (κ2) is 9.01. The normalized spacial score (nSPS) is 23.0. The van der Waals surface area contributed by atoms with E-state index in [-0.39, 0.29) is 5.30 Å². The van der Waals surface area contributed by atoms with E-state index in [1.807, 2.05) is 30.5 Å². The fourth-order valence-electron chi connectivity index (χ4n) is 3.97. The van der Waals surface area contributed by atoms with Gasteiger partial charge >= 0.3 is 0 Å². The van der Waals surface area contributed by atoms with Gasteiger partial charge in [0.2, 0.25) is 5.95 Å². The van der Waals surface area contributed by atoms with Gasteiger partial charge in [0, 0.05) is 16.5 Å². The largest absolute Gasteiger partial charge is 0.399 e. The van der Waals surface area contributed by atoms with Crippen molar-refractivity contribution in [3.63, 3.8) is 0 Å². The quantitative estimate of drug-likeness (QED) is 0.382. The van der Waals surface area contributed by atoms with Gasteiger partial charge in [-0.15, -0.1) is 0 Å². The van der Waals surface area contributed by atoms with E-state index in [2.05, 4.69) is 37.2 Å². The van der Waals surface area contributed by atoms with Crippen LogP contribution in [0.15, 0.2) is 35.8 Å². The Hall–Kier alpha value is -2.37. The van der Waals surface area contributed by atoms with Crippen molar-refractivity contribution in [3.05, 3.63) is 47.4 Å². The molecule has 0 saturated heterocycles. The second-order valence-corrected chi connectivity index (χ2v) is 11.8. The molecule has 0 bridgehead atoms. The number of nitrogens with one attached hydrogen (secondary N) is 1. The number of anilines is 2. The molecule has 0 aromatic carbocycles. The first-order valence-corrected chi connectivity index (χ1v) is 11.9. The number of aromatic nitrogens is 4. The Morgan fingerprint density at radius 1 is 1.21 bits per heavy atom. The molecule has 2 atom stereocenters. The first-order valence-electron chi connectivity index (χ1n) is 10.7. The molecule has 0 spiro atoms. The number of aliphatic imine (C=N–C) groups is 1. The molecule has 3 aromatic heterocycles. The van der Waals surface area contributed by atoms with E-state index in [9.17, 15) is 0 Å². The minimum absolute atomic E-state index is 0.307. The molecule has 174 valence electrons. The summed E-state index contributed by atoms with van der Waals surface area (Å²) in [5.41, 5.74) is 7.27. The van der Waals surface area contributed by atoms with Crippen LogP contribution in [0.2, 0.25) is 5.02 Å². The molecule has 1 aliphatic rings. The molecule has 0 radical (unpaired) electrons. The van der Waals surface area contributed by atoms with Gasteiger partial charge in [0.05, 0.1) is 34.6 Å². The summed E-state index contributed by atoms with van der Waals surface area (Å²) in [6, 6.07) is 3.38. The summed E-state index contributed by atoms with van der Waals surface area (Å²) in [6.07, 6.45) is 4.84. The molecule has 0 amide bonds. The highest BCUT2D eigenvalue weighted by atomic mass is 35.5. The van der Waals surface area contributed by atoms with Crippen molar-refractivity contribution >= 4 is 74.6 Å². The van der Waals surface area contributed by atoms with Crippen molar-refractivity contribution in [1.82, 2.24) is 19.9 Å². The number of rotatable bonds is 6. The highest BCUT2D eigenvalue weighted by molar-refractivity contribution is 8.15. The Bertz CT molecular complexity index is 1280. The summed E-state index contributed by atoms with van der Waals surface area (Å²) in [5, 5.41) is 3.72. The van der Waals surface area contributed by atoms with Gasteiger partial charge in [0.25, 0.3) is 0 Å². The molecule has 3 N–H and O–H groups in total. The lowest BCUT2D eigenvalue weighted by Gasteiger charge is -2.42. The van der Waals surface area contributed by atoms with Crippen LogP contribution in [-0.2, 0) is 10.3 Å². The molecule has 0 unspecified atom stereocenters. The number of halogens is 2. The fourth-order valence-corrected chi connectivity index (χ4v) is 5.34. The van der Waals surface area contributed by atoms with E-state index in [4.69, 9.17) is 22.1 Å². The number of amidine groups is 1. The van der Waals surface area contributed by atoms with Gasteiger partial charge in [-0.1, -0.05) is 23.4 Å². The minimum Gasteiger partial charge on any atom is -0.399 e. The zero-order valence-corrected chi connectivity index (χ0v) is 21.3. The van der Waals surface area contributed by atoms with Gasteiger partial charge in [0.15, 0.2) is 11.0 Å². The smallest absolute Gasteiger partial charge is 0.218 e. The van der Waals surface area contributed by atoms with Crippen molar-refractivity contribution in [2.45, 2.75) is 35.9 Å². The molecule has 14 heteroatoms. The van der Waals surface area contributed by atoms with Crippen molar-refractivity contribution in [2.75, 3.05) is 11.9 Å². The van der Waals surface area contributed by atoms with Gasteiger partial charge in [-0.3, -0.25) is 4.99 Å². The third kappa shape index (κ3) is 5.47. The van der Waals surface area contributed by atoms with Crippen molar-refractivity contribution in [3.8, 4) is 0 Å². The molecule has 4 heterocycles. The third-order valence-corrected chi connectivity index (χ3v) is 6.62. The van der Waals surface area contributed by atoms with E-state index in [0.717, 1.165) is 0 Å². The monoisotopic (exact) mass is 497 g/mol. The Morgan fingerprint density at radius 3 is 2.71 bits per heavy atom. The molecule has 3 aromatic rings. The SMILES string of the molecule is BC(B)(B)OC[C@@]1(C)C[C@@](C)(c2cc(Nc3ncnc4cc(Cl)cnc34)cnc2F)N=C(N)S1. The molecule has 4 rings (SSSR count). The van der Waals surface area contributed by atoms with Crippen LogP contribution >= 0.6 is 23.4 Å². The number of nitrogens with zero attached hydrogens (tertiary/aromatic N) is 5. The molecular formula is C20H24B3ClFN7OS. The predicted molar refractivity (Wildman–Crippen MR) is 144 cm³/mol. The summed E-state index contributed by atoms with van der Waals surface area (Å²) in [4.78, 5) is 21.4. The Balaban J connectivity index is 1.67. The van der Waals surface area contributed by atoms with Gasteiger partial charge in [0.1, 0.15) is 35.4 Å². The van der Waals surface area contributed by atoms with Crippen molar-refractivity contribution in [1.29, 1.82) is 0 Å². The van der Waals surface area contributed by atoms with Crippen LogP contribution in [0.25, 0.3) is 11.0 Å². The molecular weight excluding hydrogens is 473 g/mol. The van der Waals surface area contributed by atoms with E-state index >= 15 is 4.39 Å². The summed E-state index contributed by atoms with van der Waals surface area (Å²) in [5.74, 6) is -0.148. The number of nitrogens with two attached hydrogens (primary N) is 1. The van der Waals surface area contributed by atoms with Crippen LogP contribution in [0.5, 0.6) is 0 Å². The zero-order valence-electron chi connectivity index (χ0n) is 19.7. The number of fused-ring (bicyclic) bond motifs is 1. The fraction of sp³-hybridized carbons (Fsp3) is 0.350. The van der Waals surface area contributed by atoms with Crippen LogP contribution < -0.4 is 11.1 Å². The van der Waals surface area contributed by atoms with E-state index in [1.54, 1.807) is 12.1 Å². The number of ether oxygens (including phenoxy) is 1. The maximum absolute atomic E-state index is 15.0. The predicted octanol–water partition coefficient (Wildman–Crippen LogP) is 0.909. The van der Waals surface area contributed by atoms with Crippen LogP contribution in [0, 0.1) is 5.95 Å². The third-order valence-electron chi connectivity index (χ3n) is 5.36. The van der Waals surface area contributed by atoms with Gasteiger partial charge in [-0.2, -0.15) is 4.39 Å². The highest BCUT2D eigenvalue weighted by Crippen LogP contribution is 2.46. The lowest BCUT2D eigenvalue weighted by Crippen LogP contribution is -2.46. The van der Waals surface area contributed by atoms with E-state index < -0.39 is 16.2 Å². The maximum Gasteiger partial charge on any atom is 0.218 e. The maximum atomic E-state index is 15.0. The number of hydrogen-bond acceptors (Lipinski definition) is 9. The Labute approximate surface area is 209 Å². The lowest BCUT2D eigenvalue weighted by atomic mass is 9.52. The van der Waals surface area contributed by atoms with E-state index in [1.165, 1.54) is 30.5 Å².